The first-order valence-corrected chi connectivity index (χ1v) is 9.48. The lowest BCUT2D eigenvalue weighted by Crippen LogP contribution is -2.49. The first kappa shape index (κ1) is 16.1. The first-order valence-electron chi connectivity index (χ1n) is 7.58. The van der Waals surface area contributed by atoms with E-state index >= 15 is 0 Å². The number of carbonyl (C=O) groups is 1. The van der Waals surface area contributed by atoms with Crippen LogP contribution in [0.5, 0.6) is 11.5 Å². The lowest BCUT2D eigenvalue weighted by Gasteiger charge is -2.33. The lowest BCUT2D eigenvalue weighted by atomic mass is 10.0. The van der Waals surface area contributed by atoms with Gasteiger partial charge in [0.15, 0.2) is 11.5 Å². The van der Waals surface area contributed by atoms with Gasteiger partial charge in [-0.15, -0.1) is 0 Å². The number of ether oxygens (including phenoxy) is 2. The minimum Gasteiger partial charge on any atom is -0.486 e. The standard InChI is InChI=1S/C15H20N2O5S/c1-23(19,20)16-12-3-2-6-17(10-12)15(18)11-4-5-13-14(9-11)22-8-7-21-13/h4-5,9,12,16H,2-3,6-8,10H2,1H3/t12-/m0/s1. The third-order valence-electron chi connectivity index (χ3n) is 3.88. The molecule has 0 bridgehead atoms. The minimum atomic E-state index is -3.27. The molecule has 1 aromatic rings. The maximum absolute atomic E-state index is 12.6. The van der Waals surface area contributed by atoms with Crippen LogP contribution in [0.3, 0.4) is 0 Å². The predicted octanol–water partition coefficient (Wildman–Crippen LogP) is 0.612. The zero-order valence-corrected chi connectivity index (χ0v) is 13.8. The van der Waals surface area contributed by atoms with Crippen LogP contribution in [-0.4, -0.2) is 57.8 Å². The second kappa shape index (κ2) is 6.37. The van der Waals surface area contributed by atoms with Crippen LogP contribution in [-0.2, 0) is 10.0 Å². The third-order valence-corrected chi connectivity index (χ3v) is 4.64. The minimum absolute atomic E-state index is 0.123. The Morgan fingerprint density at radius 2 is 2.00 bits per heavy atom. The molecule has 1 aromatic carbocycles. The van der Waals surface area contributed by atoms with Crippen molar-refractivity contribution in [1.29, 1.82) is 0 Å². The maximum atomic E-state index is 12.6. The Kier molecular flexibility index (Phi) is 4.45. The van der Waals surface area contributed by atoms with Crippen LogP contribution < -0.4 is 14.2 Å². The number of nitrogens with zero attached hydrogens (tertiary/aromatic N) is 1. The summed E-state index contributed by atoms with van der Waals surface area (Å²) in [5, 5.41) is 0. The van der Waals surface area contributed by atoms with Gasteiger partial charge >= 0.3 is 0 Å². The van der Waals surface area contributed by atoms with Crippen LogP contribution in [0.4, 0.5) is 0 Å². The molecule has 1 fully saturated rings. The zero-order valence-electron chi connectivity index (χ0n) is 12.9. The molecule has 0 spiro atoms. The van der Waals surface area contributed by atoms with Gasteiger partial charge in [-0.2, -0.15) is 0 Å². The smallest absolute Gasteiger partial charge is 0.254 e. The van der Waals surface area contributed by atoms with Gasteiger partial charge in [0.1, 0.15) is 13.2 Å². The largest absolute Gasteiger partial charge is 0.486 e. The highest BCUT2D eigenvalue weighted by molar-refractivity contribution is 7.88. The van der Waals surface area contributed by atoms with Crippen LogP contribution in [0.15, 0.2) is 18.2 Å². The van der Waals surface area contributed by atoms with E-state index in [1.54, 1.807) is 23.1 Å². The van der Waals surface area contributed by atoms with Crippen molar-refractivity contribution in [1.82, 2.24) is 9.62 Å². The van der Waals surface area contributed by atoms with Gasteiger partial charge in [0.2, 0.25) is 10.0 Å². The van der Waals surface area contributed by atoms with Crippen molar-refractivity contribution in [2.24, 2.45) is 0 Å². The highest BCUT2D eigenvalue weighted by atomic mass is 32.2. The first-order chi connectivity index (χ1) is 10.9. The van der Waals surface area contributed by atoms with Crippen LogP contribution >= 0.6 is 0 Å². The summed E-state index contributed by atoms with van der Waals surface area (Å²) in [6.45, 7) is 1.97. The van der Waals surface area contributed by atoms with Crippen molar-refractivity contribution in [2.75, 3.05) is 32.6 Å². The molecule has 8 heteroatoms. The van der Waals surface area contributed by atoms with E-state index in [1.807, 2.05) is 0 Å². The molecule has 0 aromatic heterocycles. The number of sulfonamides is 1. The average Bonchev–Trinajstić information content (AvgIpc) is 2.52. The second-order valence-corrected chi connectivity index (χ2v) is 7.62. The molecule has 23 heavy (non-hydrogen) atoms. The molecule has 7 nitrogen and oxygen atoms in total. The molecule has 0 saturated carbocycles. The summed E-state index contributed by atoms with van der Waals surface area (Å²) >= 11 is 0. The van der Waals surface area contributed by atoms with E-state index in [9.17, 15) is 13.2 Å². The summed E-state index contributed by atoms with van der Waals surface area (Å²) in [5.41, 5.74) is 0.522. The number of hydrogen-bond acceptors (Lipinski definition) is 5. The molecular weight excluding hydrogens is 320 g/mol. The highest BCUT2D eigenvalue weighted by Gasteiger charge is 2.27. The normalized spacial score (nSPS) is 21.1. The van der Waals surface area contributed by atoms with Crippen LogP contribution in [0.25, 0.3) is 0 Å². The number of carbonyl (C=O) groups excluding carboxylic acids is 1. The van der Waals surface area contributed by atoms with E-state index in [0.717, 1.165) is 19.1 Å². The quantitative estimate of drug-likeness (QED) is 0.871. The van der Waals surface area contributed by atoms with Gasteiger partial charge in [-0.25, -0.2) is 13.1 Å². The maximum Gasteiger partial charge on any atom is 0.254 e. The number of nitrogens with one attached hydrogen (secondary N) is 1. The number of piperidine rings is 1. The molecule has 1 N–H and O–H groups in total. The second-order valence-electron chi connectivity index (χ2n) is 5.84. The van der Waals surface area contributed by atoms with Crippen LogP contribution in [0.1, 0.15) is 23.2 Å². The molecule has 1 amide bonds. The fraction of sp³-hybridized carbons (Fsp3) is 0.533. The topological polar surface area (TPSA) is 84.9 Å². The number of fused-ring (bicyclic) bond motifs is 1. The third kappa shape index (κ3) is 3.94. The molecule has 2 heterocycles. The molecule has 0 radical (unpaired) electrons. The van der Waals surface area contributed by atoms with Crippen molar-refractivity contribution in [3.63, 3.8) is 0 Å². The molecule has 1 saturated heterocycles. The monoisotopic (exact) mass is 340 g/mol. The van der Waals surface area contributed by atoms with E-state index in [2.05, 4.69) is 4.72 Å². The average molecular weight is 340 g/mol. The van der Waals surface area contributed by atoms with Crippen LogP contribution in [0, 0.1) is 0 Å². The fourth-order valence-electron chi connectivity index (χ4n) is 2.92. The molecule has 2 aliphatic heterocycles. The zero-order chi connectivity index (χ0) is 16.4. The fourth-order valence-corrected chi connectivity index (χ4v) is 3.72. The Hall–Kier alpha value is -1.80. The molecule has 1 atom stereocenters. The summed E-state index contributed by atoms with van der Waals surface area (Å²) in [5.74, 6) is 1.09. The van der Waals surface area contributed by atoms with Crippen molar-refractivity contribution in [2.45, 2.75) is 18.9 Å². The summed E-state index contributed by atoms with van der Waals surface area (Å²) in [7, 11) is -3.27. The molecule has 0 unspecified atom stereocenters. The summed E-state index contributed by atoms with van der Waals surface area (Å²) in [4.78, 5) is 14.3. The van der Waals surface area contributed by atoms with Gasteiger partial charge in [-0.1, -0.05) is 0 Å². The number of benzene rings is 1. The molecule has 2 aliphatic rings. The summed E-state index contributed by atoms with van der Waals surface area (Å²) in [6.07, 6.45) is 2.63. The van der Waals surface area contributed by atoms with Gasteiger partial charge in [0.25, 0.3) is 5.91 Å². The Morgan fingerprint density at radius 3 is 2.74 bits per heavy atom. The lowest BCUT2D eigenvalue weighted by molar-refractivity contribution is 0.0702. The highest BCUT2D eigenvalue weighted by Crippen LogP contribution is 2.31. The number of likely N-dealkylation sites (tertiary alicyclic amines) is 1. The summed E-state index contributed by atoms with van der Waals surface area (Å²) < 4.78 is 36.3. The van der Waals surface area contributed by atoms with Gasteiger partial charge in [-0.05, 0) is 31.0 Å². The Morgan fingerprint density at radius 1 is 1.26 bits per heavy atom. The summed E-state index contributed by atoms with van der Waals surface area (Å²) in [6, 6.07) is 4.89. The predicted molar refractivity (Wildman–Crippen MR) is 84.3 cm³/mol. The Bertz CT molecular complexity index is 704. The van der Waals surface area contributed by atoms with Crippen molar-refractivity contribution < 1.29 is 22.7 Å². The van der Waals surface area contributed by atoms with Crippen molar-refractivity contribution in [3.8, 4) is 11.5 Å². The van der Waals surface area contributed by atoms with Crippen LogP contribution in [0.2, 0.25) is 0 Å². The molecule has 126 valence electrons. The van der Waals surface area contributed by atoms with Gasteiger partial charge < -0.3 is 14.4 Å². The van der Waals surface area contributed by atoms with Gasteiger partial charge in [-0.3, -0.25) is 4.79 Å². The van der Waals surface area contributed by atoms with Crippen molar-refractivity contribution >= 4 is 15.9 Å². The molecule has 3 rings (SSSR count). The van der Waals surface area contributed by atoms with E-state index in [0.29, 0.717) is 43.4 Å². The van der Waals surface area contributed by atoms with E-state index < -0.39 is 10.0 Å². The SMILES string of the molecule is CS(=O)(=O)N[C@H]1CCCN(C(=O)c2ccc3c(c2)OCCO3)C1. The van der Waals surface area contributed by atoms with Crippen molar-refractivity contribution in [3.05, 3.63) is 23.8 Å². The van der Waals surface area contributed by atoms with Gasteiger partial charge in [0, 0.05) is 24.7 Å². The van der Waals surface area contributed by atoms with Gasteiger partial charge in [0.05, 0.1) is 6.26 Å². The number of hydrogen-bond donors (Lipinski definition) is 1. The van der Waals surface area contributed by atoms with E-state index in [4.69, 9.17) is 9.47 Å². The van der Waals surface area contributed by atoms with E-state index in [-0.39, 0.29) is 11.9 Å². The number of amides is 1. The Labute approximate surface area is 135 Å². The molecule has 0 aliphatic carbocycles. The Balaban J connectivity index is 1.72. The number of rotatable bonds is 3. The van der Waals surface area contributed by atoms with E-state index in [1.165, 1.54) is 0 Å². The molecular formula is C15H20N2O5S.